The highest BCUT2D eigenvalue weighted by molar-refractivity contribution is 7.61. The summed E-state index contributed by atoms with van der Waals surface area (Å²) in [6, 6.07) is 24.7. The minimum Gasteiger partial charge on any atom is -0.368 e. The van der Waals surface area contributed by atoms with Gasteiger partial charge in [0.2, 0.25) is 5.91 Å². The van der Waals surface area contributed by atoms with Crippen molar-refractivity contribution in [1.29, 1.82) is 0 Å². The van der Waals surface area contributed by atoms with Gasteiger partial charge in [-0.1, -0.05) is 78.9 Å². The van der Waals surface area contributed by atoms with Crippen LogP contribution in [0.2, 0.25) is 0 Å². The molecule has 6 heteroatoms. The van der Waals surface area contributed by atoms with E-state index < -0.39 is 22.4 Å². The van der Waals surface area contributed by atoms with Crippen LogP contribution in [0.1, 0.15) is 5.56 Å². The van der Waals surface area contributed by atoms with Gasteiger partial charge in [0, 0.05) is 6.42 Å². The van der Waals surface area contributed by atoms with E-state index in [1.807, 2.05) is 6.07 Å². The maximum atomic E-state index is 10.9. The SMILES string of the molecule is NC(=O)C(Cc1ccccc1)N=S(=O)=O.c1ccc2ccccc2c1. The summed E-state index contributed by atoms with van der Waals surface area (Å²) >= 11 is 0. The zero-order valence-corrected chi connectivity index (χ0v) is 14.3. The Bertz CT molecular complexity index is 897. The van der Waals surface area contributed by atoms with Gasteiger partial charge in [0.05, 0.1) is 0 Å². The van der Waals surface area contributed by atoms with E-state index in [0.29, 0.717) is 0 Å². The van der Waals surface area contributed by atoms with Crippen LogP contribution in [0.15, 0.2) is 83.2 Å². The van der Waals surface area contributed by atoms with Crippen molar-refractivity contribution >= 4 is 27.2 Å². The van der Waals surface area contributed by atoms with E-state index in [1.54, 1.807) is 24.3 Å². The maximum Gasteiger partial charge on any atom is 0.311 e. The Morgan fingerprint density at radius 3 is 1.68 bits per heavy atom. The molecule has 0 aliphatic heterocycles. The summed E-state index contributed by atoms with van der Waals surface area (Å²) in [5, 5.41) is 2.62. The first-order chi connectivity index (χ1) is 12.1. The van der Waals surface area contributed by atoms with Crippen LogP contribution in [0.3, 0.4) is 0 Å². The molecular formula is C19H18N2O3S. The van der Waals surface area contributed by atoms with Crippen LogP contribution >= 0.6 is 0 Å². The number of nitrogens with two attached hydrogens (primary N) is 1. The lowest BCUT2D eigenvalue weighted by Crippen LogP contribution is -2.28. The zero-order chi connectivity index (χ0) is 18.1. The number of fused-ring (bicyclic) bond motifs is 1. The van der Waals surface area contributed by atoms with Crippen molar-refractivity contribution in [3.8, 4) is 0 Å². The summed E-state index contributed by atoms with van der Waals surface area (Å²) < 4.78 is 23.9. The number of primary amides is 1. The molecule has 0 aliphatic rings. The molecule has 128 valence electrons. The van der Waals surface area contributed by atoms with Crippen molar-refractivity contribution in [3.63, 3.8) is 0 Å². The third-order valence-electron chi connectivity index (χ3n) is 3.47. The predicted molar refractivity (Wildman–Crippen MR) is 98.4 cm³/mol. The van der Waals surface area contributed by atoms with Crippen molar-refractivity contribution < 1.29 is 13.2 Å². The average molecular weight is 354 g/mol. The second kappa shape index (κ2) is 9.34. The van der Waals surface area contributed by atoms with Gasteiger partial charge in [-0.05, 0) is 16.3 Å². The van der Waals surface area contributed by atoms with Crippen molar-refractivity contribution in [3.05, 3.63) is 84.4 Å². The second-order valence-electron chi connectivity index (χ2n) is 5.28. The molecule has 1 amide bonds. The van der Waals surface area contributed by atoms with Gasteiger partial charge in [0.15, 0.2) is 0 Å². The first-order valence-electron chi connectivity index (χ1n) is 7.63. The minimum atomic E-state index is -2.62. The smallest absolute Gasteiger partial charge is 0.311 e. The summed E-state index contributed by atoms with van der Waals surface area (Å²) in [5.41, 5.74) is 5.84. The van der Waals surface area contributed by atoms with Crippen LogP contribution in [-0.2, 0) is 21.7 Å². The van der Waals surface area contributed by atoms with Gasteiger partial charge in [-0.3, -0.25) is 4.79 Å². The Morgan fingerprint density at radius 1 is 0.840 bits per heavy atom. The minimum absolute atomic E-state index is 0.199. The normalized spacial score (nSPS) is 11.0. The van der Waals surface area contributed by atoms with E-state index in [1.165, 1.54) is 10.8 Å². The molecule has 1 unspecified atom stereocenters. The zero-order valence-electron chi connectivity index (χ0n) is 13.4. The second-order valence-corrected chi connectivity index (χ2v) is 5.92. The lowest BCUT2D eigenvalue weighted by Gasteiger charge is -2.05. The van der Waals surface area contributed by atoms with Crippen LogP contribution in [0.4, 0.5) is 0 Å². The van der Waals surface area contributed by atoms with Gasteiger partial charge in [-0.25, -0.2) is 0 Å². The molecule has 1 atom stereocenters. The number of carbonyl (C=O) groups is 1. The highest BCUT2D eigenvalue weighted by Crippen LogP contribution is 2.11. The fourth-order valence-corrected chi connectivity index (χ4v) is 2.65. The van der Waals surface area contributed by atoms with Crippen molar-refractivity contribution in [2.24, 2.45) is 10.1 Å². The Kier molecular flexibility index (Phi) is 6.86. The number of benzene rings is 3. The van der Waals surface area contributed by atoms with Gasteiger partial charge in [0.25, 0.3) is 0 Å². The molecule has 0 aliphatic carbocycles. The fourth-order valence-electron chi connectivity index (χ4n) is 2.26. The summed E-state index contributed by atoms with van der Waals surface area (Å²) in [4.78, 5) is 10.9. The monoisotopic (exact) mass is 354 g/mol. The van der Waals surface area contributed by atoms with Gasteiger partial charge in [-0.15, -0.1) is 0 Å². The summed E-state index contributed by atoms with van der Waals surface area (Å²) in [6.07, 6.45) is 0.199. The molecule has 0 spiro atoms. The molecule has 3 aromatic carbocycles. The van der Waals surface area contributed by atoms with Crippen LogP contribution in [0.5, 0.6) is 0 Å². The molecule has 0 heterocycles. The van der Waals surface area contributed by atoms with Crippen LogP contribution in [-0.4, -0.2) is 20.4 Å². The van der Waals surface area contributed by atoms with Crippen molar-refractivity contribution in [2.45, 2.75) is 12.5 Å². The van der Waals surface area contributed by atoms with E-state index in [0.717, 1.165) is 5.56 Å². The molecule has 0 aromatic heterocycles. The van der Waals surface area contributed by atoms with Gasteiger partial charge >= 0.3 is 10.5 Å². The molecule has 0 bridgehead atoms. The van der Waals surface area contributed by atoms with Gasteiger partial charge in [0.1, 0.15) is 6.04 Å². The summed E-state index contributed by atoms with van der Waals surface area (Å²) in [6.45, 7) is 0. The van der Waals surface area contributed by atoms with Crippen LogP contribution in [0, 0.1) is 0 Å². The van der Waals surface area contributed by atoms with E-state index in [9.17, 15) is 13.2 Å². The molecule has 0 saturated heterocycles. The van der Waals surface area contributed by atoms with Gasteiger partial charge < -0.3 is 5.73 Å². The van der Waals surface area contributed by atoms with Crippen LogP contribution < -0.4 is 5.73 Å². The molecule has 5 nitrogen and oxygen atoms in total. The number of hydrogen-bond acceptors (Lipinski definition) is 4. The van der Waals surface area contributed by atoms with E-state index in [-0.39, 0.29) is 6.42 Å². The van der Waals surface area contributed by atoms with Gasteiger partial charge in [-0.2, -0.15) is 12.8 Å². The highest BCUT2D eigenvalue weighted by atomic mass is 32.2. The molecular weight excluding hydrogens is 336 g/mol. The lowest BCUT2D eigenvalue weighted by molar-refractivity contribution is -0.119. The summed E-state index contributed by atoms with van der Waals surface area (Å²) in [7, 11) is -2.62. The Morgan fingerprint density at radius 2 is 1.28 bits per heavy atom. The third-order valence-corrected chi connectivity index (χ3v) is 3.90. The molecule has 3 aromatic rings. The Balaban J connectivity index is 0.000000194. The maximum absolute atomic E-state index is 10.9. The first-order valence-corrected chi connectivity index (χ1v) is 8.66. The quantitative estimate of drug-likeness (QED) is 0.781. The van der Waals surface area contributed by atoms with Crippen molar-refractivity contribution in [1.82, 2.24) is 0 Å². The largest absolute Gasteiger partial charge is 0.368 e. The first kappa shape index (κ1) is 18.4. The number of nitrogens with zero attached hydrogens (tertiary/aromatic N) is 1. The molecule has 0 saturated carbocycles. The number of amides is 1. The van der Waals surface area contributed by atoms with E-state index >= 15 is 0 Å². The molecule has 2 N–H and O–H groups in total. The van der Waals surface area contributed by atoms with Crippen LogP contribution in [0.25, 0.3) is 10.8 Å². The highest BCUT2D eigenvalue weighted by Gasteiger charge is 2.14. The number of rotatable bonds is 4. The predicted octanol–water partition coefficient (Wildman–Crippen LogP) is 2.99. The molecule has 0 fully saturated rings. The topological polar surface area (TPSA) is 89.6 Å². The average Bonchev–Trinajstić information content (AvgIpc) is 2.62. The standard InChI is InChI=1S/C10H8.C9H10N2O3S/c1-2-6-10-8-4-3-7-9(10)5-1;10-9(12)8(11-15(13)14)6-7-4-2-1-3-5-7/h1-8H;1-5,8H,6H2,(H2,10,12). The Hall–Kier alpha value is -2.99. The van der Waals surface area contributed by atoms with E-state index in [4.69, 9.17) is 5.73 Å². The number of carbonyl (C=O) groups excluding carboxylic acids is 1. The Labute approximate surface area is 147 Å². The molecule has 0 radical (unpaired) electrons. The van der Waals surface area contributed by atoms with E-state index in [2.05, 4.69) is 52.9 Å². The molecule has 3 rings (SSSR count). The number of hydrogen-bond donors (Lipinski definition) is 1. The van der Waals surface area contributed by atoms with Crippen molar-refractivity contribution in [2.75, 3.05) is 0 Å². The summed E-state index contributed by atoms with van der Waals surface area (Å²) in [5.74, 6) is -0.747. The lowest BCUT2D eigenvalue weighted by atomic mass is 10.1. The molecule has 25 heavy (non-hydrogen) atoms. The fraction of sp³-hybridized carbons (Fsp3) is 0.105. The third kappa shape index (κ3) is 6.19.